The molecule has 6 nitrogen and oxygen atoms in total. The van der Waals surface area contributed by atoms with Crippen molar-refractivity contribution in [2.24, 2.45) is 0 Å². The Hall–Kier alpha value is -2.15. The molecule has 0 bridgehead atoms. The number of carbonyl (C=O) groups is 2. The van der Waals surface area contributed by atoms with Crippen LogP contribution in [0.1, 0.15) is 33.7 Å². The van der Waals surface area contributed by atoms with Crippen molar-refractivity contribution in [3.8, 4) is 0 Å². The first kappa shape index (κ1) is 13.3. The smallest absolute Gasteiger partial charge is 0.357 e. The number of thiazole rings is 1. The lowest BCUT2D eigenvalue weighted by atomic mass is 10.4. The topological polar surface area (TPSA) is 81.4 Å². The van der Waals surface area contributed by atoms with Gasteiger partial charge in [0.1, 0.15) is 5.76 Å². The van der Waals surface area contributed by atoms with Gasteiger partial charge in [0.2, 0.25) is 0 Å². The summed E-state index contributed by atoms with van der Waals surface area (Å²) in [5.41, 5.74) is 0.178. The summed E-state index contributed by atoms with van der Waals surface area (Å²) in [6.45, 7) is 3.74. The second-order valence-corrected chi connectivity index (χ2v) is 4.48. The number of furan rings is 1. The van der Waals surface area contributed by atoms with Crippen LogP contribution in [0.25, 0.3) is 0 Å². The lowest BCUT2D eigenvalue weighted by Crippen LogP contribution is -2.11. The first-order valence-electron chi connectivity index (χ1n) is 5.60. The maximum atomic E-state index is 11.8. The van der Waals surface area contributed by atoms with Crippen LogP contribution < -0.4 is 5.32 Å². The van der Waals surface area contributed by atoms with Crippen LogP contribution in [0, 0.1) is 6.92 Å². The van der Waals surface area contributed by atoms with Crippen molar-refractivity contribution >= 4 is 28.3 Å². The van der Waals surface area contributed by atoms with E-state index in [-0.39, 0.29) is 18.1 Å². The van der Waals surface area contributed by atoms with Crippen molar-refractivity contribution in [2.45, 2.75) is 13.8 Å². The van der Waals surface area contributed by atoms with Crippen LogP contribution in [-0.4, -0.2) is 23.5 Å². The minimum Gasteiger partial charge on any atom is -0.461 e. The first-order valence-corrected chi connectivity index (χ1v) is 6.48. The number of anilines is 1. The summed E-state index contributed by atoms with van der Waals surface area (Å²) in [5, 5.41) is 4.41. The second-order valence-electron chi connectivity index (χ2n) is 3.62. The Bertz CT molecular complexity index is 602. The Balaban J connectivity index is 2.04. The largest absolute Gasteiger partial charge is 0.461 e. The number of esters is 1. The quantitative estimate of drug-likeness (QED) is 0.870. The molecule has 19 heavy (non-hydrogen) atoms. The number of aryl methyl sites for hydroxylation is 1. The van der Waals surface area contributed by atoms with Crippen molar-refractivity contribution in [1.82, 2.24) is 4.98 Å². The van der Waals surface area contributed by atoms with E-state index >= 15 is 0 Å². The molecule has 2 rings (SSSR count). The zero-order chi connectivity index (χ0) is 13.8. The fourth-order valence-electron chi connectivity index (χ4n) is 1.35. The second kappa shape index (κ2) is 5.66. The molecule has 2 aromatic heterocycles. The van der Waals surface area contributed by atoms with Crippen LogP contribution in [0.3, 0.4) is 0 Å². The molecule has 1 amide bonds. The minimum absolute atomic E-state index is 0.178. The van der Waals surface area contributed by atoms with E-state index in [0.29, 0.717) is 10.9 Å². The number of hydrogen-bond donors (Lipinski definition) is 1. The molecule has 0 unspecified atom stereocenters. The maximum Gasteiger partial charge on any atom is 0.357 e. The fraction of sp³-hybridized carbons (Fsp3) is 0.250. The lowest BCUT2D eigenvalue weighted by molar-refractivity contribution is 0.0520. The molecule has 0 fully saturated rings. The summed E-state index contributed by atoms with van der Waals surface area (Å²) in [4.78, 5) is 27.2. The molecule has 0 aromatic carbocycles. The number of amides is 1. The summed E-state index contributed by atoms with van der Waals surface area (Å²) >= 11 is 1.15. The maximum absolute atomic E-state index is 11.8. The number of aromatic nitrogens is 1. The number of rotatable bonds is 4. The van der Waals surface area contributed by atoms with Gasteiger partial charge in [0.25, 0.3) is 5.91 Å². The van der Waals surface area contributed by atoms with E-state index in [1.165, 1.54) is 5.38 Å². The van der Waals surface area contributed by atoms with Crippen molar-refractivity contribution in [3.05, 3.63) is 34.7 Å². The highest BCUT2D eigenvalue weighted by atomic mass is 32.1. The number of nitrogens with one attached hydrogen (secondary N) is 1. The molecule has 100 valence electrons. The zero-order valence-corrected chi connectivity index (χ0v) is 11.2. The highest BCUT2D eigenvalue weighted by Crippen LogP contribution is 2.17. The molecule has 2 heterocycles. The normalized spacial score (nSPS) is 10.2. The standard InChI is InChI=1S/C12H12N2O4S/c1-3-17-11(16)8-6-19-12(13-8)14-10(15)9-5-4-7(2)18-9/h4-6H,3H2,1-2H3,(H,13,14,15). The summed E-state index contributed by atoms with van der Waals surface area (Å²) in [6, 6.07) is 3.27. The van der Waals surface area contributed by atoms with E-state index in [2.05, 4.69) is 10.3 Å². The van der Waals surface area contributed by atoms with E-state index in [9.17, 15) is 9.59 Å². The van der Waals surface area contributed by atoms with Crippen LogP contribution in [0.4, 0.5) is 5.13 Å². The molecule has 2 aromatic rings. The van der Waals surface area contributed by atoms with Gasteiger partial charge in [-0.2, -0.15) is 0 Å². The third-order valence-electron chi connectivity index (χ3n) is 2.17. The zero-order valence-electron chi connectivity index (χ0n) is 10.4. The van der Waals surface area contributed by atoms with Gasteiger partial charge in [0.15, 0.2) is 16.6 Å². The Labute approximate surface area is 113 Å². The van der Waals surface area contributed by atoms with Crippen LogP contribution in [-0.2, 0) is 4.74 Å². The van der Waals surface area contributed by atoms with Gasteiger partial charge < -0.3 is 9.15 Å². The molecule has 0 aliphatic heterocycles. The average Bonchev–Trinajstić information content (AvgIpc) is 2.98. The molecule has 0 radical (unpaired) electrons. The molecule has 7 heteroatoms. The number of nitrogens with zero attached hydrogens (tertiary/aromatic N) is 1. The average molecular weight is 280 g/mol. The van der Waals surface area contributed by atoms with Crippen LogP contribution >= 0.6 is 11.3 Å². The molecule has 0 aliphatic carbocycles. The summed E-state index contributed by atoms with van der Waals surface area (Å²) in [6.07, 6.45) is 0. The Morgan fingerprint density at radius 3 is 2.89 bits per heavy atom. The van der Waals surface area contributed by atoms with Gasteiger partial charge >= 0.3 is 5.97 Å². The molecular formula is C12H12N2O4S. The predicted molar refractivity (Wildman–Crippen MR) is 69.5 cm³/mol. The van der Waals surface area contributed by atoms with Gasteiger partial charge in [-0.1, -0.05) is 0 Å². The molecule has 0 aliphatic rings. The van der Waals surface area contributed by atoms with Crippen molar-refractivity contribution < 1.29 is 18.7 Å². The van der Waals surface area contributed by atoms with Gasteiger partial charge in [0, 0.05) is 5.38 Å². The van der Waals surface area contributed by atoms with Gasteiger partial charge in [-0.3, -0.25) is 10.1 Å². The van der Waals surface area contributed by atoms with Crippen molar-refractivity contribution in [3.63, 3.8) is 0 Å². The Morgan fingerprint density at radius 1 is 1.47 bits per heavy atom. The third-order valence-corrected chi connectivity index (χ3v) is 2.93. The molecule has 0 spiro atoms. The van der Waals surface area contributed by atoms with E-state index in [1.54, 1.807) is 26.0 Å². The minimum atomic E-state index is -0.506. The highest BCUT2D eigenvalue weighted by Gasteiger charge is 2.15. The Kier molecular flexibility index (Phi) is 3.96. The molecule has 0 saturated carbocycles. The van der Waals surface area contributed by atoms with Crippen LogP contribution in [0.2, 0.25) is 0 Å². The van der Waals surface area contributed by atoms with Gasteiger partial charge in [0.05, 0.1) is 6.61 Å². The van der Waals surface area contributed by atoms with Gasteiger partial charge in [-0.05, 0) is 26.0 Å². The molecular weight excluding hydrogens is 268 g/mol. The summed E-state index contributed by atoms with van der Waals surface area (Å²) < 4.78 is 9.99. The van der Waals surface area contributed by atoms with Gasteiger partial charge in [-0.25, -0.2) is 9.78 Å². The van der Waals surface area contributed by atoms with Gasteiger partial charge in [-0.15, -0.1) is 11.3 Å². The van der Waals surface area contributed by atoms with Crippen molar-refractivity contribution in [1.29, 1.82) is 0 Å². The summed E-state index contributed by atoms with van der Waals surface area (Å²) in [5.74, 6) is -0.0622. The number of ether oxygens (including phenoxy) is 1. The van der Waals surface area contributed by atoms with E-state index in [0.717, 1.165) is 11.3 Å². The first-order chi connectivity index (χ1) is 9.10. The van der Waals surface area contributed by atoms with Crippen molar-refractivity contribution in [2.75, 3.05) is 11.9 Å². The molecule has 0 saturated heterocycles. The van der Waals surface area contributed by atoms with E-state index < -0.39 is 11.9 Å². The van der Waals surface area contributed by atoms with E-state index in [1.807, 2.05) is 0 Å². The predicted octanol–water partition coefficient (Wildman–Crippen LogP) is 2.47. The number of carbonyl (C=O) groups excluding carboxylic acids is 2. The monoisotopic (exact) mass is 280 g/mol. The Morgan fingerprint density at radius 2 is 2.26 bits per heavy atom. The lowest BCUT2D eigenvalue weighted by Gasteiger charge is -1.98. The third kappa shape index (κ3) is 3.19. The van der Waals surface area contributed by atoms with Crippen LogP contribution in [0.15, 0.2) is 21.9 Å². The highest BCUT2D eigenvalue weighted by molar-refractivity contribution is 7.14. The molecule has 0 atom stereocenters. The summed E-state index contributed by atoms with van der Waals surface area (Å²) in [7, 11) is 0. The van der Waals surface area contributed by atoms with E-state index in [4.69, 9.17) is 9.15 Å². The number of hydrogen-bond acceptors (Lipinski definition) is 6. The fourth-order valence-corrected chi connectivity index (χ4v) is 2.02. The SMILES string of the molecule is CCOC(=O)c1csc(NC(=O)c2ccc(C)o2)n1. The molecule has 1 N–H and O–H groups in total. The van der Waals surface area contributed by atoms with Crippen LogP contribution in [0.5, 0.6) is 0 Å².